The van der Waals surface area contributed by atoms with Gasteiger partial charge in [-0.3, -0.25) is 0 Å². The number of halogens is 2. The molecule has 2 nitrogen and oxygen atoms in total. The molecule has 0 aliphatic carbocycles. The van der Waals surface area contributed by atoms with Crippen LogP contribution in [0.2, 0.25) is 5.02 Å². The Bertz CT molecular complexity index is 557. The largest absolute Gasteiger partial charge is 0.495 e. The van der Waals surface area contributed by atoms with E-state index in [2.05, 4.69) is 52.2 Å². The molecule has 19 heavy (non-hydrogen) atoms. The third-order valence-electron chi connectivity index (χ3n) is 3.00. The molecule has 1 unspecified atom stereocenters. The van der Waals surface area contributed by atoms with Gasteiger partial charge in [0.05, 0.1) is 18.2 Å². The van der Waals surface area contributed by atoms with Crippen LogP contribution >= 0.6 is 34.2 Å². The Kier molecular flexibility index (Phi) is 5.07. The summed E-state index contributed by atoms with van der Waals surface area (Å²) in [6.07, 6.45) is 0. The molecule has 0 amide bonds. The Morgan fingerprint density at radius 3 is 2.26 bits per heavy atom. The Balaban J connectivity index is 2.36. The van der Waals surface area contributed by atoms with Crippen LogP contribution in [0.5, 0.6) is 5.75 Å². The fourth-order valence-electron chi connectivity index (χ4n) is 2.04. The minimum absolute atomic E-state index is 0.125. The summed E-state index contributed by atoms with van der Waals surface area (Å²) in [5.74, 6) is 0.697. The van der Waals surface area contributed by atoms with E-state index in [0.717, 1.165) is 5.56 Å². The fourth-order valence-corrected chi connectivity index (χ4v) is 2.67. The van der Waals surface area contributed by atoms with Crippen molar-refractivity contribution < 1.29 is 4.74 Å². The van der Waals surface area contributed by atoms with E-state index in [1.54, 1.807) is 7.11 Å². The molecule has 4 heteroatoms. The molecule has 0 bridgehead atoms. The second-order valence-corrected chi connectivity index (χ2v) is 5.82. The van der Waals surface area contributed by atoms with E-state index in [1.807, 2.05) is 25.2 Å². The Hall–Kier alpha value is -0.780. The van der Waals surface area contributed by atoms with Crippen molar-refractivity contribution in [3.63, 3.8) is 0 Å². The Morgan fingerprint density at radius 2 is 1.74 bits per heavy atom. The number of benzene rings is 2. The first-order valence-electron chi connectivity index (χ1n) is 5.92. The predicted molar refractivity (Wildman–Crippen MR) is 88.1 cm³/mol. The lowest BCUT2D eigenvalue weighted by molar-refractivity contribution is 0.414. The molecular formula is C15H15ClINO. The predicted octanol–water partition coefficient (Wildman–Crippen LogP) is 4.26. The Labute approximate surface area is 132 Å². The number of hydrogen-bond acceptors (Lipinski definition) is 2. The lowest BCUT2D eigenvalue weighted by Crippen LogP contribution is -2.17. The average Bonchev–Trinajstić information content (AvgIpc) is 2.42. The van der Waals surface area contributed by atoms with Gasteiger partial charge in [0.2, 0.25) is 0 Å². The van der Waals surface area contributed by atoms with Crippen molar-refractivity contribution in [2.24, 2.45) is 0 Å². The van der Waals surface area contributed by atoms with E-state index >= 15 is 0 Å². The molecule has 0 heterocycles. The van der Waals surface area contributed by atoms with Gasteiger partial charge in [-0.05, 0) is 65.0 Å². The molecule has 2 aromatic rings. The average molecular weight is 388 g/mol. The first-order chi connectivity index (χ1) is 9.15. The van der Waals surface area contributed by atoms with Crippen LogP contribution < -0.4 is 10.1 Å². The third-order valence-corrected chi connectivity index (χ3v) is 4.02. The molecule has 0 radical (unpaired) electrons. The zero-order chi connectivity index (χ0) is 13.8. The zero-order valence-corrected chi connectivity index (χ0v) is 13.7. The van der Waals surface area contributed by atoms with Gasteiger partial charge in [0.15, 0.2) is 0 Å². The molecule has 1 atom stereocenters. The molecule has 0 spiro atoms. The molecule has 0 saturated heterocycles. The van der Waals surface area contributed by atoms with Crippen molar-refractivity contribution in [2.75, 3.05) is 14.2 Å². The van der Waals surface area contributed by atoms with Crippen LogP contribution in [-0.2, 0) is 0 Å². The number of hydrogen-bond donors (Lipinski definition) is 1. The summed E-state index contributed by atoms with van der Waals surface area (Å²) in [5.41, 5.74) is 2.33. The van der Waals surface area contributed by atoms with Crippen molar-refractivity contribution in [3.8, 4) is 5.75 Å². The van der Waals surface area contributed by atoms with Gasteiger partial charge >= 0.3 is 0 Å². The maximum absolute atomic E-state index is 6.19. The summed E-state index contributed by atoms with van der Waals surface area (Å²) in [6.45, 7) is 0. The zero-order valence-electron chi connectivity index (χ0n) is 10.8. The summed E-state index contributed by atoms with van der Waals surface area (Å²) in [4.78, 5) is 0. The standard InChI is InChI=1S/C15H15ClINO/c1-18-15(10-3-6-12(17)7-4-10)11-5-8-14(19-2)13(16)9-11/h3-9,15,18H,1-2H3. The van der Waals surface area contributed by atoms with Gasteiger partial charge in [-0.1, -0.05) is 29.8 Å². The van der Waals surface area contributed by atoms with E-state index in [4.69, 9.17) is 16.3 Å². The van der Waals surface area contributed by atoms with Crippen LogP contribution in [0.4, 0.5) is 0 Å². The molecule has 2 aromatic carbocycles. The van der Waals surface area contributed by atoms with Gasteiger partial charge in [-0.15, -0.1) is 0 Å². The lowest BCUT2D eigenvalue weighted by atomic mass is 9.99. The number of rotatable bonds is 4. The molecule has 0 aliphatic rings. The number of methoxy groups -OCH3 is 1. The van der Waals surface area contributed by atoms with E-state index in [9.17, 15) is 0 Å². The highest BCUT2D eigenvalue weighted by Crippen LogP contribution is 2.30. The molecule has 2 rings (SSSR count). The molecular weight excluding hydrogens is 373 g/mol. The monoisotopic (exact) mass is 387 g/mol. The van der Waals surface area contributed by atoms with Crippen molar-refractivity contribution in [2.45, 2.75) is 6.04 Å². The quantitative estimate of drug-likeness (QED) is 0.792. The number of ether oxygens (including phenoxy) is 1. The highest BCUT2D eigenvalue weighted by atomic mass is 127. The molecule has 1 N–H and O–H groups in total. The minimum Gasteiger partial charge on any atom is -0.495 e. The van der Waals surface area contributed by atoms with E-state index in [0.29, 0.717) is 10.8 Å². The minimum atomic E-state index is 0.125. The molecule has 0 fully saturated rings. The van der Waals surface area contributed by atoms with Crippen LogP contribution in [0, 0.1) is 3.57 Å². The van der Waals surface area contributed by atoms with Crippen molar-refractivity contribution in [1.29, 1.82) is 0 Å². The summed E-state index contributed by atoms with van der Waals surface area (Å²) < 4.78 is 6.41. The normalized spacial score (nSPS) is 12.2. The van der Waals surface area contributed by atoms with Gasteiger partial charge in [0, 0.05) is 3.57 Å². The van der Waals surface area contributed by atoms with Gasteiger partial charge in [0.1, 0.15) is 5.75 Å². The SMILES string of the molecule is CNC(c1ccc(I)cc1)c1ccc(OC)c(Cl)c1. The molecule has 0 aliphatic heterocycles. The molecule has 0 saturated carbocycles. The van der Waals surface area contributed by atoms with E-state index < -0.39 is 0 Å². The van der Waals surface area contributed by atoms with Gasteiger partial charge in [-0.25, -0.2) is 0 Å². The van der Waals surface area contributed by atoms with E-state index in [-0.39, 0.29) is 6.04 Å². The lowest BCUT2D eigenvalue weighted by Gasteiger charge is -2.18. The van der Waals surface area contributed by atoms with Crippen LogP contribution in [-0.4, -0.2) is 14.2 Å². The van der Waals surface area contributed by atoms with Gasteiger partial charge < -0.3 is 10.1 Å². The fraction of sp³-hybridized carbons (Fsp3) is 0.200. The summed E-state index contributed by atoms with van der Waals surface area (Å²) in [6, 6.07) is 14.5. The summed E-state index contributed by atoms with van der Waals surface area (Å²) >= 11 is 8.49. The van der Waals surface area contributed by atoms with Crippen LogP contribution in [0.3, 0.4) is 0 Å². The maximum Gasteiger partial charge on any atom is 0.137 e. The molecule has 0 aromatic heterocycles. The highest BCUT2D eigenvalue weighted by Gasteiger charge is 2.13. The number of nitrogens with one attached hydrogen (secondary N) is 1. The second kappa shape index (κ2) is 6.59. The van der Waals surface area contributed by atoms with Crippen molar-refractivity contribution in [3.05, 3.63) is 62.2 Å². The second-order valence-electron chi connectivity index (χ2n) is 4.17. The maximum atomic E-state index is 6.19. The first-order valence-corrected chi connectivity index (χ1v) is 7.37. The third kappa shape index (κ3) is 3.41. The first kappa shape index (κ1) is 14.6. The summed E-state index contributed by atoms with van der Waals surface area (Å²) in [5, 5.41) is 3.95. The summed E-state index contributed by atoms with van der Waals surface area (Å²) in [7, 11) is 3.57. The van der Waals surface area contributed by atoms with Crippen LogP contribution in [0.1, 0.15) is 17.2 Å². The topological polar surface area (TPSA) is 21.3 Å². The van der Waals surface area contributed by atoms with Crippen molar-refractivity contribution >= 4 is 34.2 Å². The van der Waals surface area contributed by atoms with E-state index in [1.165, 1.54) is 9.13 Å². The molecule has 100 valence electrons. The highest BCUT2D eigenvalue weighted by molar-refractivity contribution is 14.1. The van der Waals surface area contributed by atoms with Gasteiger partial charge in [0.25, 0.3) is 0 Å². The van der Waals surface area contributed by atoms with Gasteiger partial charge in [-0.2, -0.15) is 0 Å². The Morgan fingerprint density at radius 1 is 1.11 bits per heavy atom. The van der Waals surface area contributed by atoms with Crippen LogP contribution in [0.15, 0.2) is 42.5 Å². The van der Waals surface area contributed by atoms with Crippen molar-refractivity contribution in [1.82, 2.24) is 5.32 Å². The van der Waals surface area contributed by atoms with Crippen LogP contribution in [0.25, 0.3) is 0 Å². The smallest absolute Gasteiger partial charge is 0.137 e.